The molecule has 9 heteroatoms. The van der Waals surface area contributed by atoms with Gasteiger partial charge in [0.1, 0.15) is 5.82 Å². The van der Waals surface area contributed by atoms with Gasteiger partial charge in [0.05, 0.1) is 16.4 Å². The predicted molar refractivity (Wildman–Crippen MR) is 135 cm³/mol. The fourth-order valence-corrected chi connectivity index (χ4v) is 5.18. The van der Waals surface area contributed by atoms with Gasteiger partial charge in [-0.3, -0.25) is 9.88 Å². The highest BCUT2D eigenvalue weighted by molar-refractivity contribution is 6.31. The second-order valence-corrected chi connectivity index (χ2v) is 9.84. The Morgan fingerprint density at radius 1 is 0.971 bits per heavy atom. The van der Waals surface area contributed by atoms with Gasteiger partial charge >= 0.3 is 0 Å². The summed E-state index contributed by atoms with van der Waals surface area (Å²) in [6.45, 7) is 8.35. The molecule has 0 aliphatic carbocycles. The number of benzene rings is 1. The molecule has 35 heavy (non-hydrogen) atoms. The van der Waals surface area contributed by atoms with E-state index in [4.69, 9.17) is 21.6 Å². The third-order valence-corrected chi connectivity index (χ3v) is 7.28. The first-order valence-electron chi connectivity index (χ1n) is 12.1. The van der Waals surface area contributed by atoms with Crippen molar-refractivity contribution in [3.05, 3.63) is 64.9 Å². The van der Waals surface area contributed by atoms with E-state index in [9.17, 15) is 8.78 Å². The van der Waals surface area contributed by atoms with Gasteiger partial charge in [-0.05, 0) is 57.0 Å². The molecule has 0 bridgehead atoms. The molecule has 4 heterocycles. The first-order valence-corrected chi connectivity index (χ1v) is 12.5. The van der Waals surface area contributed by atoms with Crippen LogP contribution in [0.5, 0.6) is 0 Å². The van der Waals surface area contributed by atoms with Crippen molar-refractivity contribution in [2.45, 2.75) is 45.3 Å². The van der Waals surface area contributed by atoms with Crippen molar-refractivity contribution in [3.8, 4) is 11.3 Å². The minimum atomic E-state index is -0.881. The topological polar surface area (TPSA) is 48.4 Å². The summed E-state index contributed by atoms with van der Waals surface area (Å²) in [6.07, 6.45) is 3.93. The van der Waals surface area contributed by atoms with Gasteiger partial charge in [-0.25, -0.2) is 13.8 Å². The summed E-state index contributed by atoms with van der Waals surface area (Å²) in [6, 6.07) is 10.0. The molecule has 2 saturated heterocycles. The lowest BCUT2D eigenvalue weighted by Gasteiger charge is -2.41. The summed E-state index contributed by atoms with van der Waals surface area (Å²) in [5, 5.41) is 0.680. The van der Waals surface area contributed by atoms with Crippen LogP contribution in [0.4, 0.5) is 20.5 Å². The molecule has 2 atom stereocenters. The quantitative estimate of drug-likeness (QED) is 0.483. The van der Waals surface area contributed by atoms with E-state index in [1.54, 1.807) is 12.3 Å². The summed E-state index contributed by atoms with van der Waals surface area (Å²) >= 11 is 6.32. The first-order chi connectivity index (χ1) is 16.9. The van der Waals surface area contributed by atoms with Crippen LogP contribution in [-0.2, 0) is 6.54 Å². The van der Waals surface area contributed by atoms with Gasteiger partial charge in [-0.15, -0.1) is 0 Å². The van der Waals surface area contributed by atoms with Crippen molar-refractivity contribution in [2.24, 2.45) is 0 Å². The lowest BCUT2D eigenvalue weighted by molar-refractivity contribution is 0.218. The molecule has 6 nitrogen and oxygen atoms in total. The SMILES string of the molecule is CC1CCCN1c1nc(-c2ccc(F)c(F)c2)cc(N2CCN(Cc3ncccc3Cl)C[C@@H]2C)n1. The van der Waals surface area contributed by atoms with Crippen LogP contribution in [0.1, 0.15) is 32.4 Å². The number of nitrogens with zero attached hydrogens (tertiary/aromatic N) is 6. The molecule has 2 aliphatic rings. The smallest absolute Gasteiger partial charge is 0.228 e. The summed E-state index contributed by atoms with van der Waals surface area (Å²) in [4.78, 5) is 21.0. The van der Waals surface area contributed by atoms with Crippen molar-refractivity contribution in [3.63, 3.8) is 0 Å². The normalized spacial score (nSPS) is 21.1. The van der Waals surface area contributed by atoms with Crippen molar-refractivity contribution in [1.29, 1.82) is 0 Å². The molecule has 3 aromatic rings. The van der Waals surface area contributed by atoms with Gasteiger partial charge in [0.2, 0.25) is 5.95 Å². The number of anilines is 2. The van der Waals surface area contributed by atoms with Crippen LogP contribution in [0.25, 0.3) is 11.3 Å². The highest BCUT2D eigenvalue weighted by Crippen LogP contribution is 2.31. The largest absolute Gasteiger partial charge is 0.351 e. The Morgan fingerprint density at radius 2 is 1.83 bits per heavy atom. The molecule has 0 saturated carbocycles. The molecule has 0 spiro atoms. The van der Waals surface area contributed by atoms with E-state index in [0.29, 0.717) is 34.8 Å². The summed E-state index contributed by atoms with van der Waals surface area (Å²) in [7, 11) is 0. The van der Waals surface area contributed by atoms with Crippen LogP contribution in [0.2, 0.25) is 5.02 Å². The number of rotatable bonds is 5. The van der Waals surface area contributed by atoms with Gasteiger partial charge in [0, 0.05) is 62.6 Å². The van der Waals surface area contributed by atoms with Crippen molar-refractivity contribution in [1.82, 2.24) is 19.9 Å². The molecule has 5 rings (SSSR count). The Hall–Kier alpha value is -2.84. The number of pyridine rings is 1. The average molecular weight is 499 g/mol. The van der Waals surface area contributed by atoms with Crippen LogP contribution < -0.4 is 9.80 Å². The van der Waals surface area contributed by atoms with Crippen LogP contribution in [0, 0.1) is 11.6 Å². The third kappa shape index (κ3) is 5.09. The first kappa shape index (κ1) is 23.9. The Bertz CT molecular complexity index is 1210. The minimum Gasteiger partial charge on any atom is -0.351 e. The molecule has 0 N–H and O–H groups in total. The van der Waals surface area contributed by atoms with E-state index in [-0.39, 0.29) is 6.04 Å². The standard InChI is InChI=1S/C26H29ClF2N6/c1-17-5-4-10-35(17)26-31-23(19-7-8-21(28)22(29)13-19)14-25(32-26)34-12-11-33(15-18(34)2)16-24-20(27)6-3-9-30-24/h3,6-9,13-14,17-18H,4-5,10-12,15-16H2,1-2H3/t17?,18-/m0/s1. The van der Waals surface area contributed by atoms with E-state index in [1.807, 2.05) is 18.2 Å². The van der Waals surface area contributed by atoms with Crippen molar-refractivity contribution >= 4 is 23.4 Å². The van der Waals surface area contributed by atoms with Crippen LogP contribution in [0.15, 0.2) is 42.6 Å². The highest BCUT2D eigenvalue weighted by atomic mass is 35.5. The van der Waals surface area contributed by atoms with Crippen molar-refractivity contribution < 1.29 is 8.78 Å². The predicted octanol–water partition coefficient (Wildman–Crippen LogP) is 5.17. The maximum atomic E-state index is 14.0. The summed E-state index contributed by atoms with van der Waals surface area (Å²) < 4.78 is 27.6. The van der Waals surface area contributed by atoms with Crippen LogP contribution >= 0.6 is 11.6 Å². The zero-order valence-corrected chi connectivity index (χ0v) is 20.7. The average Bonchev–Trinajstić information content (AvgIpc) is 3.28. The second kappa shape index (κ2) is 10.0. The lowest BCUT2D eigenvalue weighted by atomic mass is 10.1. The number of hydrogen-bond donors (Lipinski definition) is 0. The Kier molecular flexibility index (Phi) is 6.84. The molecule has 1 unspecified atom stereocenters. The van der Waals surface area contributed by atoms with E-state index in [1.165, 1.54) is 6.07 Å². The highest BCUT2D eigenvalue weighted by Gasteiger charge is 2.29. The number of piperazine rings is 1. The van der Waals surface area contributed by atoms with Gasteiger partial charge in [0.15, 0.2) is 11.6 Å². The van der Waals surface area contributed by atoms with Crippen molar-refractivity contribution in [2.75, 3.05) is 36.0 Å². The Balaban J connectivity index is 1.43. The maximum absolute atomic E-state index is 14.0. The maximum Gasteiger partial charge on any atom is 0.228 e. The van der Waals surface area contributed by atoms with Crippen LogP contribution in [0.3, 0.4) is 0 Å². The number of aromatic nitrogens is 3. The third-order valence-electron chi connectivity index (χ3n) is 6.94. The molecule has 2 fully saturated rings. The fraction of sp³-hybridized carbons (Fsp3) is 0.423. The van der Waals surface area contributed by atoms with Gasteiger partial charge in [-0.2, -0.15) is 4.98 Å². The van der Waals surface area contributed by atoms with E-state index in [2.05, 4.69) is 33.5 Å². The molecule has 1 aromatic carbocycles. The van der Waals surface area contributed by atoms with Gasteiger partial charge in [-0.1, -0.05) is 11.6 Å². The van der Waals surface area contributed by atoms with E-state index in [0.717, 1.165) is 56.6 Å². The fourth-order valence-electron chi connectivity index (χ4n) is 4.99. The number of hydrogen-bond acceptors (Lipinski definition) is 6. The van der Waals surface area contributed by atoms with E-state index >= 15 is 0 Å². The molecule has 2 aromatic heterocycles. The molecule has 184 valence electrons. The molecular formula is C26H29ClF2N6. The zero-order chi connectivity index (χ0) is 24.5. The summed E-state index contributed by atoms with van der Waals surface area (Å²) in [5.41, 5.74) is 2.01. The Labute approximate surface area is 209 Å². The van der Waals surface area contributed by atoms with E-state index < -0.39 is 11.6 Å². The number of halogens is 3. The molecule has 2 aliphatic heterocycles. The van der Waals surface area contributed by atoms with Gasteiger partial charge in [0.25, 0.3) is 0 Å². The van der Waals surface area contributed by atoms with Gasteiger partial charge < -0.3 is 9.80 Å². The second-order valence-electron chi connectivity index (χ2n) is 9.43. The lowest BCUT2D eigenvalue weighted by Crippen LogP contribution is -2.52. The van der Waals surface area contributed by atoms with Crippen LogP contribution in [-0.4, -0.2) is 58.1 Å². The molecular weight excluding hydrogens is 470 g/mol. The zero-order valence-electron chi connectivity index (χ0n) is 20.0. The Morgan fingerprint density at radius 3 is 2.54 bits per heavy atom. The minimum absolute atomic E-state index is 0.183. The molecule has 0 radical (unpaired) electrons. The monoisotopic (exact) mass is 498 g/mol. The molecule has 0 amide bonds. The summed E-state index contributed by atoms with van der Waals surface area (Å²) in [5.74, 6) is -0.304.